The molecule has 0 aromatic heterocycles. The topological polar surface area (TPSA) is 145 Å². The van der Waals surface area contributed by atoms with Gasteiger partial charge in [0.15, 0.2) is 0 Å². The van der Waals surface area contributed by atoms with Crippen molar-refractivity contribution in [3.8, 4) is 0 Å². The molecule has 0 unspecified atom stereocenters. The average molecular weight is 617 g/mol. The second kappa shape index (κ2) is 10.3. The van der Waals surface area contributed by atoms with E-state index in [4.69, 9.17) is 4.74 Å². The van der Waals surface area contributed by atoms with E-state index in [1.165, 1.54) is 0 Å². The number of ether oxygens (including phenoxy) is 1. The summed E-state index contributed by atoms with van der Waals surface area (Å²) in [6.07, 6.45) is 3.73. The highest BCUT2D eigenvalue weighted by Crippen LogP contribution is 2.76. The lowest BCUT2D eigenvalue weighted by atomic mass is 9.32. The average Bonchev–Trinajstić information content (AvgIpc) is 2.95. The summed E-state index contributed by atoms with van der Waals surface area (Å²) in [6.45, 7) is 15.2. The van der Waals surface area contributed by atoms with Gasteiger partial charge >= 0.3 is 11.9 Å². The Morgan fingerprint density at radius 2 is 1.48 bits per heavy atom. The van der Waals surface area contributed by atoms with Crippen LogP contribution >= 0.6 is 0 Å². The minimum absolute atomic E-state index is 0.0249. The molecule has 1 aliphatic heterocycles. The van der Waals surface area contributed by atoms with Crippen LogP contribution in [0.15, 0.2) is 11.6 Å². The van der Waals surface area contributed by atoms with Crippen molar-refractivity contribution in [2.75, 3.05) is 0 Å². The number of aliphatic carboxylic acids is 2. The van der Waals surface area contributed by atoms with E-state index in [-0.39, 0.29) is 40.4 Å². The number of aliphatic hydroxyl groups excluding tert-OH is 3. The van der Waals surface area contributed by atoms with E-state index in [1.54, 1.807) is 6.92 Å². The zero-order valence-corrected chi connectivity index (χ0v) is 27.8. The molecule has 0 aromatic rings. The molecule has 6 aliphatic rings. The smallest absolute Gasteiger partial charge is 0.314 e. The van der Waals surface area contributed by atoms with Crippen LogP contribution < -0.4 is 0 Å². The molecule has 0 radical (unpaired) electrons. The van der Waals surface area contributed by atoms with Crippen molar-refractivity contribution in [2.24, 2.45) is 62.6 Å². The molecule has 4 saturated carbocycles. The second-order valence-corrected chi connectivity index (χ2v) is 17.2. The van der Waals surface area contributed by atoms with Gasteiger partial charge in [-0.15, -0.1) is 0 Å². The van der Waals surface area contributed by atoms with E-state index in [0.29, 0.717) is 25.2 Å². The molecule has 0 aromatic carbocycles. The molecular formula is C36H56O8. The van der Waals surface area contributed by atoms with E-state index in [0.717, 1.165) is 44.1 Å². The number of hydrogen-bond donors (Lipinski definition) is 5. The van der Waals surface area contributed by atoms with Gasteiger partial charge in [0.25, 0.3) is 0 Å². The lowest BCUT2D eigenvalue weighted by Crippen LogP contribution is -2.68. The van der Waals surface area contributed by atoms with Crippen molar-refractivity contribution < 1.29 is 39.9 Å². The quantitative estimate of drug-likeness (QED) is 0.270. The molecule has 0 bridgehead atoms. The molecule has 5 aliphatic carbocycles. The minimum Gasteiger partial charge on any atom is -0.481 e. The summed E-state index contributed by atoms with van der Waals surface area (Å²) in [4.78, 5) is 26.8. The fourth-order valence-electron chi connectivity index (χ4n) is 13.0. The zero-order valence-electron chi connectivity index (χ0n) is 27.8. The predicted octanol–water partition coefficient (Wildman–Crippen LogP) is 5.28. The first-order valence-corrected chi connectivity index (χ1v) is 17.3. The van der Waals surface area contributed by atoms with Crippen LogP contribution in [0.1, 0.15) is 106 Å². The summed E-state index contributed by atoms with van der Waals surface area (Å²) in [5, 5.41) is 54.0. The Labute approximate surface area is 262 Å². The van der Waals surface area contributed by atoms with Gasteiger partial charge in [0, 0.05) is 0 Å². The van der Waals surface area contributed by atoms with Gasteiger partial charge in [0.2, 0.25) is 0 Å². The summed E-state index contributed by atoms with van der Waals surface area (Å²) < 4.78 is 6.22. The van der Waals surface area contributed by atoms with Crippen LogP contribution in [-0.4, -0.2) is 68.0 Å². The van der Waals surface area contributed by atoms with E-state index >= 15 is 0 Å². The zero-order chi connectivity index (χ0) is 32.4. The second-order valence-electron chi connectivity index (χ2n) is 17.2. The van der Waals surface area contributed by atoms with E-state index in [9.17, 15) is 35.1 Å². The van der Waals surface area contributed by atoms with Crippen LogP contribution in [0.2, 0.25) is 0 Å². The van der Waals surface area contributed by atoms with Crippen LogP contribution in [-0.2, 0) is 14.3 Å². The molecular weight excluding hydrogens is 560 g/mol. The van der Waals surface area contributed by atoms with Crippen LogP contribution in [0.4, 0.5) is 0 Å². The van der Waals surface area contributed by atoms with Gasteiger partial charge in [-0.1, -0.05) is 53.2 Å². The van der Waals surface area contributed by atoms with E-state index in [1.807, 2.05) is 0 Å². The van der Waals surface area contributed by atoms with Gasteiger partial charge < -0.3 is 30.3 Å². The summed E-state index contributed by atoms with van der Waals surface area (Å²) >= 11 is 0. The van der Waals surface area contributed by atoms with Crippen LogP contribution in [0.3, 0.4) is 0 Å². The summed E-state index contributed by atoms with van der Waals surface area (Å²) in [5.41, 5.74) is -2.01. The van der Waals surface area contributed by atoms with Crippen molar-refractivity contribution in [1.29, 1.82) is 0 Å². The van der Waals surface area contributed by atoms with Gasteiger partial charge in [-0.2, -0.15) is 0 Å². The molecule has 1 saturated heterocycles. The van der Waals surface area contributed by atoms with Gasteiger partial charge in [0.05, 0.1) is 23.0 Å². The molecule has 0 amide bonds. The van der Waals surface area contributed by atoms with Crippen molar-refractivity contribution >= 4 is 11.9 Å². The fraction of sp³-hybridized carbons (Fsp3) is 0.889. The van der Waals surface area contributed by atoms with E-state index < -0.39 is 58.7 Å². The SMILES string of the molecule is C[C@@H]1[C@@H](C)CC[C@]2(C(=O)O)CC[C@]3(C(=O)O)C(=CC[C@@H]4[C@@]5(C)CC[C@H]([C@@H]6O[C@H](C)[C@@H](O)[C@H](O)[C@H]6O)C(C)(C)[C@@H]5CC[C@]43C)[C@@H]12. The number of carbonyl (C=O) groups is 2. The number of fused-ring (bicyclic) bond motifs is 7. The third kappa shape index (κ3) is 3.89. The summed E-state index contributed by atoms with van der Waals surface area (Å²) in [5.74, 6) is -1.03. The Balaban J connectivity index is 1.40. The van der Waals surface area contributed by atoms with Crippen LogP contribution in [0.5, 0.6) is 0 Å². The molecule has 6 rings (SSSR count). The summed E-state index contributed by atoms with van der Waals surface area (Å²) in [7, 11) is 0. The highest BCUT2D eigenvalue weighted by atomic mass is 16.5. The van der Waals surface area contributed by atoms with Gasteiger partial charge in [0.1, 0.15) is 18.3 Å². The number of aliphatic hydroxyl groups is 3. The number of hydrogen-bond acceptors (Lipinski definition) is 6. The molecule has 0 spiro atoms. The standard InChI is InChI=1S/C36H56O8/c1-18-10-15-35(30(40)41)16-17-36(31(42)43)21(25(35)19(18)2)8-9-24-33(6)13-11-22(29-28(39)27(38)26(37)20(3)44-29)32(4,5)23(33)12-14-34(24,36)7/h8,18-20,22-29,37-39H,9-17H2,1-7H3,(H,40,41)(H,42,43)/t18-,19+,20+,22+,23-,24+,25+,26+,27-,28+,29-,33-,34+,35-,36+/m0/s1. The Morgan fingerprint density at radius 3 is 2.11 bits per heavy atom. The van der Waals surface area contributed by atoms with E-state index in [2.05, 4.69) is 47.6 Å². The van der Waals surface area contributed by atoms with Crippen molar-refractivity contribution in [1.82, 2.24) is 0 Å². The first-order valence-electron chi connectivity index (χ1n) is 17.3. The molecule has 8 nitrogen and oxygen atoms in total. The number of rotatable bonds is 3. The maximum absolute atomic E-state index is 13.8. The van der Waals surface area contributed by atoms with Crippen molar-refractivity contribution in [2.45, 2.75) is 137 Å². The number of allylic oxidation sites excluding steroid dienone is 1. The third-order valence-corrected chi connectivity index (χ3v) is 15.6. The van der Waals surface area contributed by atoms with Gasteiger partial charge in [-0.25, -0.2) is 0 Å². The first-order chi connectivity index (χ1) is 20.4. The molecule has 5 N–H and O–H groups in total. The number of carboxylic acids is 2. The summed E-state index contributed by atoms with van der Waals surface area (Å²) in [6, 6.07) is 0. The lowest BCUT2D eigenvalue weighted by Gasteiger charge is -2.71. The van der Waals surface area contributed by atoms with Gasteiger partial charge in [-0.3, -0.25) is 9.59 Å². The Morgan fingerprint density at radius 1 is 0.795 bits per heavy atom. The monoisotopic (exact) mass is 616 g/mol. The Kier molecular flexibility index (Phi) is 7.57. The molecule has 8 heteroatoms. The number of carboxylic acid groups (broad SMARTS) is 2. The van der Waals surface area contributed by atoms with Gasteiger partial charge in [-0.05, 0) is 116 Å². The third-order valence-electron chi connectivity index (χ3n) is 15.6. The Hall–Kier alpha value is -1.48. The molecule has 1 heterocycles. The normalized spacial score (nSPS) is 55.0. The largest absolute Gasteiger partial charge is 0.481 e. The van der Waals surface area contributed by atoms with Crippen molar-refractivity contribution in [3.63, 3.8) is 0 Å². The minimum atomic E-state index is -1.26. The molecule has 5 fully saturated rings. The molecule has 44 heavy (non-hydrogen) atoms. The van der Waals surface area contributed by atoms with Crippen molar-refractivity contribution in [3.05, 3.63) is 11.6 Å². The fourth-order valence-corrected chi connectivity index (χ4v) is 13.0. The first kappa shape index (κ1) is 32.5. The molecule has 248 valence electrons. The highest BCUT2D eigenvalue weighted by Gasteiger charge is 2.73. The van der Waals surface area contributed by atoms with Crippen LogP contribution in [0.25, 0.3) is 0 Å². The molecule has 15 atom stereocenters. The maximum Gasteiger partial charge on any atom is 0.314 e. The predicted molar refractivity (Wildman–Crippen MR) is 164 cm³/mol. The Bertz CT molecular complexity index is 1230. The highest BCUT2D eigenvalue weighted by molar-refractivity contribution is 5.84. The van der Waals surface area contributed by atoms with Crippen LogP contribution in [0, 0.1) is 62.6 Å². The lowest BCUT2D eigenvalue weighted by molar-refractivity contribution is -0.262. The maximum atomic E-state index is 13.8.